The molecule has 1 atom stereocenters. The van der Waals surface area contributed by atoms with Crippen LogP contribution in [0.4, 0.5) is 5.69 Å². The maximum absolute atomic E-state index is 14.5. The lowest BCUT2D eigenvalue weighted by atomic mass is 10.0. The van der Waals surface area contributed by atoms with Crippen LogP contribution in [0, 0.1) is 19.8 Å². The molecule has 0 saturated carbocycles. The molecule has 4 aromatic rings. The van der Waals surface area contributed by atoms with Gasteiger partial charge in [-0.1, -0.05) is 103 Å². The number of anilines is 1. The molecule has 0 aliphatic rings. The van der Waals surface area contributed by atoms with Crippen molar-refractivity contribution in [3.8, 4) is 0 Å². The van der Waals surface area contributed by atoms with E-state index < -0.39 is 28.5 Å². The maximum Gasteiger partial charge on any atom is 0.264 e. The van der Waals surface area contributed by atoms with Crippen LogP contribution in [0.15, 0.2) is 102 Å². The molecule has 0 aliphatic heterocycles. The number of nitrogens with zero attached hydrogens (tertiary/aromatic N) is 2. The molecule has 0 fully saturated rings. The third kappa shape index (κ3) is 9.12. The Morgan fingerprint density at radius 3 is 2.13 bits per heavy atom. The van der Waals surface area contributed by atoms with E-state index in [1.807, 2.05) is 64.1 Å². The van der Waals surface area contributed by atoms with Gasteiger partial charge in [0.2, 0.25) is 11.8 Å². The molecular weight excluding hydrogens is 641 g/mol. The summed E-state index contributed by atoms with van der Waals surface area (Å²) in [6.07, 6.45) is 0.220. The fourth-order valence-electron chi connectivity index (χ4n) is 4.91. The van der Waals surface area contributed by atoms with Crippen molar-refractivity contribution in [1.29, 1.82) is 0 Å². The first kappa shape index (κ1) is 35.0. The second-order valence-electron chi connectivity index (χ2n) is 11.8. The minimum Gasteiger partial charge on any atom is -0.354 e. The normalized spacial score (nSPS) is 12.1. The SMILES string of the molecule is Cc1ccc(S(=O)(=O)N(CC(=O)N(Cc2cccc(Cl)c2)C(Cc2ccccc2)C(=O)NCC(C)C)c2ccc(C)c(Cl)c2)cc1. The highest BCUT2D eigenvalue weighted by molar-refractivity contribution is 7.92. The van der Waals surface area contributed by atoms with Crippen LogP contribution in [0.2, 0.25) is 10.0 Å². The number of hydrogen-bond acceptors (Lipinski definition) is 4. The standard InChI is InChI=1S/C36H39Cl2N3O4S/c1-25(2)22-39-36(43)34(20-28-9-6-5-7-10-28)40(23-29-11-8-12-30(37)19-29)35(42)24-41(31-16-15-27(4)33(38)21-31)46(44,45)32-17-13-26(3)14-18-32/h5-19,21,25,34H,20,22-24H2,1-4H3,(H,39,43). The number of hydrogen-bond donors (Lipinski definition) is 1. The number of amides is 2. The van der Waals surface area contributed by atoms with E-state index in [-0.39, 0.29) is 35.4 Å². The van der Waals surface area contributed by atoms with Gasteiger partial charge in [-0.05, 0) is 72.9 Å². The van der Waals surface area contributed by atoms with Gasteiger partial charge in [-0.25, -0.2) is 8.42 Å². The van der Waals surface area contributed by atoms with E-state index in [1.54, 1.807) is 42.5 Å². The minimum absolute atomic E-state index is 0.0269. The Bertz CT molecular complexity index is 1760. The third-order valence-corrected chi connectivity index (χ3v) is 9.96. The average Bonchev–Trinajstić information content (AvgIpc) is 3.02. The number of rotatable bonds is 13. The lowest BCUT2D eigenvalue weighted by molar-refractivity contribution is -0.140. The predicted octanol–water partition coefficient (Wildman–Crippen LogP) is 7.22. The summed E-state index contributed by atoms with van der Waals surface area (Å²) in [5.41, 5.74) is 3.43. The van der Waals surface area contributed by atoms with Gasteiger partial charge in [0.15, 0.2) is 0 Å². The Kier molecular flexibility index (Phi) is 11.9. The number of aryl methyl sites for hydroxylation is 2. The first-order valence-electron chi connectivity index (χ1n) is 15.1. The van der Waals surface area contributed by atoms with Gasteiger partial charge in [-0.2, -0.15) is 0 Å². The Hall–Kier alpha value is -3.85. The molecule has 0 aliphatic carbocycles. The van der Waals surface area contributed by atoms with Crippen LogP contribution in [-0.2, 0) is 32.6 Å². The molecule has 4 aromatic carbocycles. The van der Waals surface area contributed by atoms with Crippen LogP contribution >= 0.6 is 23.2 Å². The van der Waals surface area contributed by atoms with Gasteiger partial charge in [0.25, 0.3) is 10.0 Å². The first-order chi connectivity index (χ1) is 21.8. The van der Waals surface area contributed by atoms with Crippen molar-refractivity contribution in [3.05, 3.63) is 129 Å². The van der Waals surface area contributed by atoms with Crippen LogP contribution in [0.25, 0.3) is 0 Å². The number of carbonyl (C=O) groups is 2. The fourth-order valence-corrected chi connectivity index (χ4v) is 6.71. The summed E-state index contributed by atoms with van der Waals surface area (Å²) in [6, 6.07) is 26.8. The highest BCUT2D eigenvalue weighted by atomic mass is 35.5. The maximum atomic E-state index is 14.5. The highest BCUT2D eigenvalue weighted by Gasteiger charge is 2.35. The van der Waals surface area contributed by atoms with Crippen LogP contribution < -0.4 is 9.62 Å². The summed E-state index contributed by atoms with van der Waals surface area (Å²) < 4.78 is 29.4. The van der Waals surface area contributed by atoms with E-state index >= 15 is 0 Å². The van der Waals surface area contributed by atoms with E-state index in [2.05, 4.69) is 5.32 Å². The molecule has 7 nitrogen and oxygen atoms in total. The quantitative estimate of drug-likeness (QED) is 0.162. The third-order valence-electron chi connectivity index (χ3n) is 7.53. The van der Waals surface area contributed by atoms with Crippen molar-refractivity contribution < 1.29 is 18.0 Å². The lowest BCUT2D eigenvalue weighted by Crippen LogP contribution is -2.53. The second-order valence-corrected chi connectivity index (χ2v) is 14.5. The zero-order valence-corrected chi connectivity index (χ0v) is 28.7. The number of carbonyl (C=O) groups excluding carboxylic acids is 2. The number of benzene rings is 4. The summed E-state index contributed by atoms with van der Waals surface area (Å²) in [5.74, 6) is -0.716. The Balaban J connectivity index is 1.82. The monoisotopic (exact) mass is 679 g/mol. The molecule has 0 heterocycles. The molecular formula is C36H39Cl2N3O4S. The van der Waals surface area contributed by atoms with Gasteiger partial charge in [-0.15, -0.1) is 0 Å². The first-order valence-corrected chi connectivity index (χ1v) is 17.3. The van der Waals surface area contributed by atoms with Crippen molar-refractivity contribution in [3.63, 3.8) is 0 Å². The van der Waals surface area contributed by atoms with Crippen LogP contribution in [0.5, 0.6) is 0 Å². The minimum atomic E-state index is -4.23. The highest BCUT2D eigenvalue weighted by Crippen LogP contribution is 2.29. The van der Waals surface area contributed by atoms with Gasteiger partial charge in [0.1, 0.15) is 12.6 Å². The van der Waals surface area contributed by atoms with Crippen molar-refractivity contribution >= 4 is 50.7 Å². The molecule has 0 radical (unpaired) electrons. The topological polar surface area (TPSA) is 86.8 Å². The van der Waals surface area contributed by atoms with Gasteiger partial charge in [0, 0.05) is 29.6 Å². The molecule has 46 heavy (non-hydrogen) atoms. The Morgan fingerprint density at radius 2 is 1.50 bits per heavy atom. The van der Waals surface area contributed by atoms with Crippen LogP contribution in [-0.4, -0.2) is 44.3 Å². The van der Waals surface area contributed by atoms with Gasteiger partial charge >= 0.3 is 0 Å². The van der Waals surface area contributed by atoms with Crippen molar-refractivity contribution in [2.45, 2.75) is 51.6 Å². The molecule has 0 aromatic heterocycles. The van der Waals surface area contributed by atoms with Crippen molar-refractivity contribution in [1.82, 2.24) is 10.2 Å². The molecule has 2 amide bonds. The van der Waals surface area contributed by atoms with Crippen LogP contribution in [0.1, 0.15) is 36.1 Å². The molecule has 0 bridgehead atoms. The van der Waals surface area contributed by atoms with Crippen LogP contribution in [0.3, 0.4) is 0 Å². The summed E-state index contributed by atoms with van der Waals surface area (Å²) in [4.78, 5) is 29.9. The molecule has 242 valence electrons. The molecule has 0 saturated heterocycles. The molecule has 1 unspecified atom stereocenters. The van der Waals surface area contributed by atoms with Gasteiger partial charge in [-0.3, -0.25) is 13.9 Å². The molecule has 10 heteroatoms. The van der Waals surface area contributed by atoms with Crippen molar-refractivity contribution in [2.24, 2.45) is 5.92 Å². The average molecular weight is 681 g/mol. The van der Waals surface area contributed by atoms with E-state index in [4.69, 9.17) is 23.2 Å². The fraction of sp³-hybridized carbons (Fsp3) is 0.278. The largest absolute Gasteiger partial charge is 0.354 e. The van der Waals surface area contributed by atoms with E-state index in [1.165, 1.54) is 23.1 Å². The smallest absolute Gasteiger partial charge is 0.264 e. The van der Waals surface area contributed by atoms with E-state index in [9.17, 15) is 18.0 Å². The number of halogens is 2. The second kappa shape index (κ2) is 15.6. The van der Waals surface area contributed by atoms with Gasteiger partial charge < -0.3 is 10.2 Å². The zero-order chi connectivity index (χ0) is 33.4. The molecule has 0 spiro atoms. The number of nitrogens with one attached hydrogen (secondary N) is 1. The molecule has 4 rings (SSSR count). The van der Waals surface area contributed by atoms with Crippen molar-refractivity contribution in [2.75, 3.05) is 17.4 Å². The zero-order valence-electron chi connectivity index (χ0n) is 26.4. The van der Waals surface area contributed by atoms with Gasteiger partial charge in [0.05, 0.1) is 10.6 Å². The summed E-state index contributed by atoms with van der Waals surface area (Å²) >= 11 is 12.8. The van der Waals surface area contributed by atoms with E-state index in [0.717, 1.165) is 21.0 Å². The lowest BCUT2D eigenvalue weighted by Gasteiger charge is -2.34. The summed E-state index contributed by atoms with van der Waals surface area (Å²) in [6.45, 7) is 7.52. The summed E-state index contributed by atoms with van der Waals surface area (Å²) in [5, 5.41) is 3.83. The number of sulfonamides is 1. The Morgan fingerprint density at radius 1 is 0.826 bits per heavy atom. The summed E-state index contributed by atoms with van der Waals surface area (Å²) in [7, 11) is -4.23. The Labute approximate surface area is 282 Å². The van der Waals surface area contributed by atoms with E-state index in [0.29, 0.717) is 22.2 Å². The predicted molar refractivity (Wildman–Crippen MR) is 186 cm³/mol. The molecule has 1 N–H and O–H groups in total.